The molecule has 1 aliphatic heterocycles. The predicted octanol–water partition coefficient (Wildman–Crippen LogP) is 5.05. The lowest BCUT2D eigenvalue weighted by molar-refractivity contribution is 0.102. The first kappa shape index (κ1) is 20.4. The summed E-state index contributed by atoms with van der Waals surface area (Å²) in [5.74, 6) is -0.531. The first-order valence-corrected chi connectivity index (χ1v) is 10.3. The van der Waals surface area contributed by atoms with E-state index in [1.807, 2.05) is 36.4 Å². The van der Waals surface area contributed by atoms with E-state index in [9.17, 15) is 9.18 Å². The molecule has 4 nitrogen and oxygen atoms in total. The fourth-order valence-electron chi connectivity index (χ4n) is 3.66. The summed E-state index contributed by atoms with van der Waals surface area (Å²) in [6, 6.07) is 21.3. The van der Waals surface area contributed by atoms with Crippen LogP contribution in [0.15, 0.2) is 72.8 Å². The van der Waals surface area contributed by atoms with Crippen molar-refractivity contribution in [2.75, 3.05) is 36.4 Å². The van der Waals surface area contributed by atoms with Crippen LogP contribution < -0.4 is 10.2 Å². The van der Waals surface area contributed by atoms with Crippen LogP contribution in [0.1, 0.15) is 15.9 Å². The molecule has 3 aromatic rings. The van der Waals surface area contributed by atoms with Gasteiger partial charge in [-0.2, -0.15) is 0 Å². The van der Waals surface area contributed by atoms with Crippen molar-refractivity contribution in [1.29, 1.82) is 0 Å². The molecule has 0 bridgehead atoms. The van der Waals surface area contributed by atoms with Crippen LogP contribution in [0.3, 0.4) is 0 Å². The molecule has 0 atom stereocenters. The number of nitrogens with one attached hydrogen (secondary N) is 1. The minimum Gasteiger partial charge on any atom is -0.368 e. The Bertz CT molecular complexity index is 1020. The van der Waals surface area contributed by atoms with Crippen LogP contribution in [-0.4, -0.2) is 37.0 Å². The normalized spacial score (nSPS) is 14.5. The van der Waals surface area contributed by atoms with Crippen molar-refractivity contribution >= 4 is 28.9 Å². The highest BCUT2D eigenvalue weighted by molar-refractivity contribution is 6.33. The first-order chi connectivity index (χ1) is 14.6. The quantitative estimate of drug-likeness (QED) is 0.623. The van der Waals surface area contributed by atoms with Gasteiger partial charge in [0.1, 0.15) is 5.82 Å². The van der Waals surface area contributed by atoms with Crippen molar-refractivity contribution in [3.05, 3.63) is 94.8 Å². The van der Waals surface area contributed by atoms with Crippen LogP contribution in [0.25, 0.3) is 0 Å². The predicted molar refractivity (Wildman–Crippen MR) is 120 cm³/mol. The molecule has 30 heavy (non-hydrogen) atoms. The van der Waals surface area contributed by atoms with Crippen molar-refractivity contribution in [1.82, 2.24) is 4.90 Å². The molecule has 0 aromatic heterocycles. The summed E-state index contributed by atoms with van der Waals surface area (Å²) in [7, 11) is 0. The minimum absolute atomic E-state index is 0.202. The van der Waals surface area contributed by atoms with Crippen molar-refractivity contribution < 1.29 is 9.18 Å². The molecule has 1 saturated heterocycles. The lowest BCUT2D eigenvalue weighted by Crippen LogP contribution is -2.46. The number of piperazine rings is 1. The van der Waals surface area contributed by atoms with E-state index in [4.69, 9.17) is 11.6 Å². The van der Waals surface area contributed by atoms with Gasteiger partial charge in [-0.05, 0) is 54.1 Å². The van der Waals surface area contributed by atoms with Gasteiger partial charge >= 0.3 is 0 Å². The van der Waals surface area contributed by atoms with Gasteiger partial charge in [-0.3, -0.25) is 9.69 Å². The molecule has 0 unspecified atom stereocenters. The molecule has 0 radical (unpaired) electrons. The Morgan fingerprint density at radius 1 is 0.933 bits per heavy atom. The number of rotatable bonds is 5. The molecule has 1 N–H and O–H groups in total. The summed E-state index contributed by atoms with van der Waals surface area (Å²) < 4.78 is 13.0. The standard InChI is InChI=1S/C24H23ClFN3O/c25-22-6-1-2-7-23(22)29-14-12-28(13-15-29)17-18-4-3-5-19(16-18)24(30)27-21-10-8-20(26)9-11-21/h1-11,16H,12-15,17H2,(H,27,30). The largest absolute Gasteiger partial charge is 0.368 e. The third-order valence-corrected chi connectivity index (χ3v) is 5.58. The van der Waals surface area contributed by atoms with E-state index < -0.39 is 0 Å². The number of para-hydroxylation sites is 1. The summed E-state index contributed by atoms with van der Waals surface area (Å²) in [6.45, 7) is 4.46. The van der Waals surface area contributed by atoms with Crippen LogP contribution in [0, 0.1) is 5.82 Å². The van der Waals surface area contributed by atoms with Gasteiger partial charge in [0.2, 0.25) is 0 Å². The molecule has 1 fully saturated rings. The zero-order valence-corrected chi connectivity index (χ0v) is 17.3. The number of nitrogens with zero attached hydrogens (tertiary/aromatic N) is 2. The molecular formula is C24H23ClFN3O. The highest BCUT2D eigenvalue weighted by Gasteiger charge is 2.19. The van der Waals surface area contributed by atoms with Crippen LogP contribution >= 0.6 is 11.6 Å². The van der Waals surface area contributed by atoms with Crippen LogP contribution in [0.5, 0.6) is 0 Å². The smallest absolute Gasteiger partial charge is 0.255 e. The van der Waals surface area contributed by atoms with E-state index >= 15 is 0 Å². The van der Waals surface area contributed by atoms with E-state index in [-0.39, 0.29) is 11.7 Å². The third-order valence-electron chi connectivity index (χ3n) is 5.26. The number of carbonyl (C=O) groups is 1. The SMILES string of the molecule is O=C(Nc1ccc(F)cc1)c1cccc(CN2CCN(c3ccccc3Cl)CC2)c1. The van der Waals surface area contributed by atoms with Crippen molar-refractivity contribution in [2.24, 2.45) is 0 Å². The summed E-state index contributed by atoms with van der Waals surface area (Å²) >= 11 is 6.32. The molecule has 1 amide bonds. The van der Waals surface area contributed by atoms with E-state index in [0.29, 0.717) is 11.3 Å². The molecule has 0 aliphatic carbocycles. The van der Waals surface area contributed by atoms with Gasteiger partial charge in [0.05, 0.1) is 10.7 Å². The Hall–Kier alpha value is -2.89. The second kappa shape index (κ2) is 9.28. The zero-order valence-electron chi connectivity index (χ0n) is 16.5. The van der Waals surface area contributed by atoms with Gasteiger partial charge in [-0.25, -0.2) is 4.39 Å². The maximum atomic E-state index is 13.0. The highest BCUT2D eigenvalue weighted by Crippen LogP contribution is 2.26. The minimum atomic E-state index is -0.329. The molecule has 154 valence electrons. The average molecular weight is 424 g/mol. The second-order valence-corrected chi connectivity index (χ2v) is 7.78. The van der Waals surface area contributed by atoms with Gasteiger partial charge in [0.15, 0.2) is 0 Å². The second-order valence-electron chi connectivity index (χ2n) is 7.38. The van der Waals surface area contributed by atoms with Crippen molar-refractivity contribution in [3.63, 3.8) is 0 Å². The molecule has 0 saturated carbocycles. The molecule has 1 aliphatic rings. The van der Waals surface area contributed by atoms with Gasteiger partial charge in [-0.15, -0.1) is 0 Å². The average Bonchev–Trinajstić information content (AvgIpc) is 2.77. The van der Waals surface area contributed by atoms with Gasteiger partial charge in [0.25, 0.3) is 5.91 Å². The Labute approximate surface area is 180 Å². The number of hydrogen-bond donors (Lipinski definition) is 1. The maximum absolute atomic E-state index is 13.0. The van der Waals surface area contributed by atoms with Gasteiger partial charge in [0, 0.05) is 44.0 Å². The molecule has 3 aromatic carbocycles. The number of hydrogen-bond acceptors (Lipinski definition) is 3. The van der Waals surface area contributed by atoms with E-state index in [1.54, 1.807) is 18.2 Å². The first-order valence-electron chi connectivity index (χ1n) is 9.96. The Balaban J connectivity index is 1.35. The van der Waals surface area contributed by atoms with E-state index in [1.165, 1.54) is 12.1 Å². The van der Waals surface area contributed by atoms with Crippen LogP contribution in [-0.2, 0) is 6.54 Å². The van der Waals surface area contributed by atoms with E-state index in [2.05, 4.69) is 21.2 Å². The molecule has 1 heterocycles. The Kier molecular flexibility index (Phi) is 6.31. The maximum Gasteiger partial charge on any atom is 0.255 e. The number of benzene rings is 3. The third kappa shape index (κ3) is 4.99. The lowest BCUT2D eigenvalue weighted by Gasteiger charge is -2.36. The fraction of sp³-hybridized carbons (Fsp3) is 0.208. The summed E-state index contributed by atoms with van der Waals surface area (Å²) in [5, 5.41) is 3.59. The topological polar surface area (TPSA) is 35.6 Å². The Morgan fingerprint density at radius 3 is 2.40 bits per heavy atom. The number of amides is 1. The molecular weight excluding hydrogens is 401 g/mol. The van der Waals surface area contributed by atoms with Crippen LogP contribution in [0.4, 0.5) is 15.8 Å². The number of anilines is 2. The summed E-state index contributed by atoms with van der Waals surface area (Å²) in [6.07, 6.45) is 0. The lowest BCUT2D eigenvalue weighted by atomic mass is 10.1. The highest BCUT2D eigenvalue weighted by atomic mass is 35.5. The fourth-order valence-corrected chi connectivity index (χ4v) is 3.92. The van der Waals surface area contributed by atoms with Crippen molar-refractivity contribution in [3.8, 4) is 0 Å². The van der Waals surface area contributed by atoms with Crippen LogP contribution in [0.2, 0.25) is 5.02 Å². The van der Waals surface area contributed by atoms with Gasteiger partial charge in [-0.1, -0.05) is 35.9 Å². The van der Waals surface area contributed by atoms with E-state index in [0.717, 1.165) is 49.0 Å². The number of carbonyl (C=O) groups excluding carboxylic acids is 1. The Morgan fingerprint density at radius 2 is 1.67 bits per heavy atom. The van der Waals surface area contributed by atoms with Crippen molar-refractivity contribution in [2.45, 2.75) is 6.54 Å². The molecule has 0 spiro atoms. The molecule has 6 heteroatoms. The zero-order chi connectivity index (χ0) is 20.9. The molecule has 4 rings (SSSR count). The number of halogens is 2. The summed E-state index contributed by atoms with van der Waals surface area (Å²) in [5.41, 5.74) is 3.33. The summed E-state index contributed by atoms with van der Waals surface area (Å²) in [4.78, 5) is 17.2. The monoisotopic (exact) mass is 423 g/mol. The van der Waals surface area contributed by atoms with Gasteiger partial charge < -0.3 is 10.2 Å².